The average molecular weight is 257 g/mol. The van der Waals surface area contributed by atoms with Crippen LogP contribution in [-0.2, 0) is 22.7 Å². The van der Waals surface area contributed by atoms with E-state index in [0.29, 0.717) is 11.1 Å². The third-order valence-electron chi connectivity index (χ3n) is 2.37. The maximum absolute atomic E-state index is 11.6. The molecule has 1 aromatic heterocycles. The monoisotopic (exact) mass is 257 g/mol. The molecule has 0 amide bonds. The summed E-state index contributed by atoms with van der Waals surface area (Å²) >= 11 is 0. The summed E-state index contributed by atoms with van der Waals surface area (Å²) in [7, 11) is 0. The number of nitrogens with two attached hydrogens (primary N) is 1. The molecule has 0 bridgehead atoms. The van der Waals surface area contributed by atoms with Crippen molar-refractivity contribution >= 4 is 11.9 Å². The number of nitriles is 1. The number of aromatic nitrogens is 3. The Hall–Kier alpha value is -2.88. The zero-order chi connectivity index (χ0) is 13.7. The van der Waals surface area contributed by atoms with Crippen LogP contribution in [-0.4, -0.2) is 20.7 Å². The van der Waals surface area contributed by atoms with Gasteiger partial charge in [0.15, 0.2) is 0 Å². The summed E-state index contributed by atoms with van der Waals surface area (Å²) < 4.78 is 6.35. The Kier molecular flexibility index (Phi) is 3.73. The summed E-state index contributed by atoms with van der Waals surface area (Å²) in [5.74, 6) is -0.375. The number of nitrogens with zero attached hydrogens (tertiary/aromatic N) is 4. The number of nitrogen functional groups attached to an aromatic ring is 1. The summed E-state index contributed by atoms with van der Waals surface area (Å²) in [6.45, 7) is -0.0222. The molecule has 0 aliphatic carbocycles. The molecule has 0 aliphatic heterocycles. The van der Waals surface area contributed by atoms with E-state index in [1.807, 2.05) is 6.07 Å². The molecule has 0 spiro atoms. The maximum Gasteiger partial charge on any atom is 0.328 e. The lowest BCUT2D eigenvalue weighted by Gasteiger charge is -2.06. The van der Waals surface area contributed by atoms with E-state index in [4.69, 9.17) is 15.7 Å². The molecule has 0 aliphatic rings. The number of carbonyl (C=O) groups excluding carboxylic acids is 1. The van der Waals surface area contributed by atoms with E-state index >= 15 is 0 Å². The summed E-state index contributed by atoms with van der Waals surface area (Å²) in [6.07, 6.45) is 1.35. The molecule has 96 valence electrons. The normalized spacial score (nSPS) is 9.84. The first-order chi connectivity index (χ1) is 9.19. The first kappa shape index (κ1) is 12.6. The van der Waals surface area contributed by atoms with Crippen molar-refractivity contribution in [2.24, 2.45) is 0 Å². The predicted octanol–water partition coefficient (Wildman–Crippen LogP) is 0.475. The summed E-state index contributed by atoms with van der Waals surface area (Å²) in [6, 6.07) is 8.97. The molecule has 0 saturated heterocycles. The Morgan fingerprint density at radius 2 is 2.26 bits per heavy atom. The lowest BCUT2D eigenvalue weighted by molar-refractivity contribution is -0.145. The lowest BCUT2D eigenvalue weighted by Crippen LogP contribution is -2.14. The standard InChI is InChI=1S/C12H11N5O2/c13-5-9-3-1-2-4-10(9)7-19-11(18)6-17-8-15-12(14)16-17/h1-4,8H,6-7H2,(H2,14,16). The molecule has 7 heteroatoms. The fourth-order valence-corrected chi connectivity index (χ4v) is 1.48. The second-order valence-electron chi connectivity index (χ2n) is 3.73. The molecule has 1 heterocycles. The van der Waals surface area contributed by atoms with Gasteiger partial charge in [0.25, 0.3) is 0 Å². The van der Waals surface area contributed by atoms with Crippen LogP contribution in [0.25, 0.3) is 0 Å². The molecule has 7 nitrogen and oxygen atoms in total. The highest BCUT2D eigenvalue weighted by Gasteiger charge is 2.08. The molecular weight excluding hydrogens is 246 g/mol. The molecule has 0 unspecified atom stereocenters. The number of esters is 1. The number of hydrogen-bond acceptors (Lipinski definition) is 6. The van der Waals surface area contributed by atoms with Gasteiger partial charge in [-0.1, -0.05) is 18.2 Å². The van der Waals surface area contributed by atoms with Gasteiger partial charge in [-0.3, -0.25) is 4.79 Å². The first-order valence-corrected chi connectivity index (χ1v) is 5.47. The third kappa shape index (κ3) is 3.29. The minimum Gasteiger partial charge on any atom is -0.459 e. The van der Waals surface area contributed by atoms with E-state index in [1.165, 1.54) is 11.0 Å². The molecule has 0 atom stereocenters. The highest BCUT2D eigenvalue weighted by atomic mass is 16.5. The van der Waals surface area contributed by atoms with E-state index in [2.05, 4.69) is 10.1 Å². The van der Waals surface area contributed by atoms with Crippen LogP contribution in [0.1, 0.15) is 11.1 Å². The largest absolute Gasteiger partial charge is 0.459 e. The third-order valence-corrected chi connectivity index (χ3v) is 2.37. The molecule has 2 rings (SSSR count). The predicted molar refractivity (Wildman–Crippen MR) is 65.4 cm³/mol. The van der Waals surface area contributed by atoms with E-state index in [0.717, 1.165) is 0 Å². The maximum atomic E-state index is 11.6. The molecule has 0 radical (unpaired) electrons. The van der Waals surface area contributed by atoms with E-state index < -0.39 is 5.97 Å². The summed E-state index contributed by atoms with van der Waals surface area (Å²) in [4.78, 5) is 15.3. The van der Waals surface area contributed by atoms with Gasteiger partial charge >= 0.3 is 5.97 Å². The molecular formula is C12H11N5O2. The van der Waals surface area contributed by atoms with Gasteiger partial charge in [0.05, 0.1) is 11.6 Å². The van der Waals surface area contributed by atoms with Crippen LogP contribution in [0.2, 0.25) is 0 Å². The van der Waals surface area contributed by atoms with Crippen LogP contribution in [0.5, 0.6) is 0 Å². The van der Waals surface area contributed by atoms with Gasteiger partial charge in [-0.2, -0.15) is 5.26 Å². The van der Waals surface area contributed by atoms with Gasteiger partial charge in [-0.05, 0) is 6.07 Å². The quantitative estimate of drug-likeness (QED) is 0.798. The van der Waals surface area contributed by atoms with Gasteiger partial charge in [0.1, 0.15) is 19.5 Å². The average Bonchev–Trinajstić information content (AvgIpc) is 2.82. The van der Waals surface area contributed by atoms with Gasteiger partial charge in [-0.15, -0.1) is 5.10 Å². The van der Waals surface area contributed by atoms with Crippen molar-refractivity contribution in [2.45, 2.75) is 13.2 Å². The SMILES string of the molecule is N#Cc1ccccc1COC(=O)Cn1cnc(N)n1. The van der Waals surface area contributed by atoms with Crippen LogP contribution in [0, 0.1) is 11.3 Å². The molecule has 0 saturated carbocycles. The zero-order valence-electron chi connectivity index (χ0n) is 9.98. The van der Waals surface area contributed by atoms with Crippen molar-refractivity contribution in [3.8, 4) is 6.07 Å². The molecule has 19 heavy (non-hydrogen) atoms. The van der Waals surface area contributed by atoms with Gasteiger partial charge < -0.3 is 10.5 Å². The van der Waals surface area contributed by atoms with Crippen molar-refractivity contribution in [3.05, 3.63) is 41.7 Å². The van der Waals surface area contributed by atoms with E-state index in [9.17, 15) is 4.79 Å². The Balaban J connectivity index is 1.92. The fourth-order valence-electron chi connectivity index (χ4n) is 1.48. The van der Waals surface area contributed by atoms with Crippen LogP contribution in [0.3, 0.4) is 0 Å². The first-order valence-electron chi connectivity index (χ1n) is 5.47. The Morgan fingerprint density at radius 1 is 1.47 bits per heavy atom. The Bertz CT molecular complexity index is 629. The number of carbonyl (C=O) groups is 1. The highest BCUT2D eigenvalue weighted by Crippen LogP contribution is 2.08. The van der Waals surface area contributed by atoms with E-state index in [-0.39, 0.29) is 19.1 Å². The van der Waals surface area contributed by atoms with Crippen molar-refractivity contribution in [1.82, 2.24) is 14.8 Å². The number of rotatable bonds is 4. The second kappa shape index (κ2) is 5.64. The zero-order valence-corrected chi connectivity index (χ0v) is 9.98. The fraction of sp³-hybridized carbons (Fsp3) is 0.167. The van der Waals surface area contributed by atoms with Crippen LogP contribution >= 0.6 is 0 Å². The van der Waals surface area contributed by atoms with Gasteiger partial charge in [0.2, 0.25) is 5.95 Å². The molecule has 2 aromatic rings. The number of benzene rings is 1. The van der Waals surface area contributed by atoms with Crippen molar-refractivity contribution in [1.29, 1.82) is 5.26 Å². The van der Waals surface area contributed by atoms with Crippen molar-refractivity contribution in [3.63, 3.8) is 0 Å². The molecule has 2 N–H and O–H groups in total. The minimum absolute atomic E-state index is 0.0484. The van der Waals surface area contributed by atoms with Gasteiger partial charge in [0, 0.05) is 5.56 Å². The van der Waals surface area contributed by atoms with Crippen molar-refractivity contribution < 1.29 is 9.53 Å². The number of ether oxygens (including phenoxy) is 1. The van der Waals surface area contributed by atoms with Gasteiger partial charge in [-0.25, -0.2) is 9.67 Å². The highest BCUT2D eigenvalue weighted by molar-refractivity contribution is 5.69. The topological polar surface area (TPSA) is 107 Å². The molecule has 0 fully saturated rings. The Labute approximate surface area is 109 Å². The number of anilines is 1. The second-order valence-corrected chi connectivity index (χ2v) is 3.73. The van der Waals surface area contributed by atoms with E-state index in [1.54, 1.807) is 24.3 Å². The van der Waals surface area contributed by atoms with Crippen LogP contribution in [0.4, 0.5) is 5.95 Å². The Morgan fingerprint density at radius 3 is 2.95 bits per heavy atom. The summed E-state index contributed by atoms with van der Waals surface area (Å²) in [5.41, 5.74) is 6.48. The summed E-state index contributed by atoms with van der Waals surface area (Å²) in [5, 5.41) is 12.7. The smallest absolute Gasteiger partial charge is 0.328 e. The van der Waals surface area contributed by atoms with Crippen molar-refractivity contribution in [2.75, 3.05) is 5.73 Å². The lowest BCUT2D eigenvalue weighted by atomic mass is 10.1. The van der Waals surface area contributed by atoms with Crippen LogP contribution in [0.15, 0.2) is 30.6 Å². The minimum atomic E-state index is -0.474. The molecule has 1 aromatic carbocycles. The van der Waals surface area contributed by atoms with Crippen LogP contribution < -0.4 is 5.73 Å². The number of hydrogen-bond donors (Lipinski definition) is 1.